The van der Waals surface area contributed by atoms with E-state index in [9.17, 15) is 10.1 Å². The van der Waals surface area contributed by atoms with E-state index in [4.69, 9.17) is 8.94 Å². The summed E-state index contributed by atoms with van der Waals surface area (Å²) in [4.78, 5) is 14.8. The summed E-state index contributed by atoms with van der Waals surface area (Å²) in [5, 5.41) is 23.1. The molecule has 2 aromatic carbocycles. The lowest BCUT2D eigenvalue weighted by atomic mass is 10.1. The molecule has 2 aromatic heterocycles. The van der Waals surface area contributed by atoms with Crippen LogP contribution in [0, 0.1) is 10.1 Å². The molecule has 146 valence electrons. The zero-order valence-electron chi connectivity index (χ0n) is 15.3. The molecule has 0 amide bonds. The van der Waals surface area contributed by atoms with Crippen LogP contribution in [0.5, 0.6) is 0 Å². The summed E-state index contributed by atoms with van der Waals surface area (Å²) in [7, 11) is 0. The Hall–Kier alpha value is -3.53. The third-order valence-electron chi connectivity index (χ3n) is 4.12. The van der Waals surface area contributed by atoms with Crippen molar-refractivity contribution in [1.82, 2.24) is 20.3 Å². The topological polar surface area (TPSA) is 121 Å². The summed E-state index contributed by atoms with van der Waals surface area (Å²) >= 11 is 1.24. The van der Waals surface area contributed by atoms with Crippen molar-refractivity contribution in [2.45, 2.75) is 24.3 Å². The van der Waals surface area contributed by atoms with Crippen LogP contribution in [-0.4, -0.2) is 25.3 Å². The first-order chi connectivity index (χ1) is 14.1. The Kier molecular flexibility index (Phi) is 5.34. The fourth-order valence-corrected chi connectivity index (χ4v) is 3.18. The third-order valence-corrected chi connectivity index (χ3v) is 4.92. The fraction of sp³-hybridized carbons (Fsp3) is 0.158. The van der Waals surface area contributed by atoms with Crippen molar-refractivity contribution in [3.8, 4) is 22.8 Å². The molecule has 2 heterocycles. The van der Waals surface area contributed by atoms with E-state index < -0.39 is 4.92 Å². The Labute approximate surface area is 169 Å². The highest BCUT2D eigenvalue weighted by Gasteiger charge is 2.15. The predicted octanol–water partition coefficient (Wildman–Crippen LogP) is 4.55. The molecule has 0 unspecified atom stereocenters. The highest BCUT2D eigenvalue weighted by Crippen LogP contribution is 2.27. The van der Waals surface area contributed by atoms with Gasteiger partial charge in [0.15, 0.2) is 0 Å². The van der Waals surface area contributed by atoms with Crippen LogP contribution in [0.2, 0.25) is 0 Å². The van der Waals surface area contributed by atoms with Gasteiger partial charge in [0.2, 0.25) is 17.6 Å². The maximum atomic E-state index is 10.9. The number of nitro groups is 1. The first-order valence-electron chi connectivity index (χ1n) is 8.75. The van der Waals surface area contributed by atoms with Gasteiger partial charge in [-0.15, -0.1) is 10.2 Å². The van der Waals surface area contributed by atoms with Gasteiger partial charge in [-0.1, -0.05) is 54.2 Å². The van der Waals surface area contributed by atoms with Gasteiger partial charge in [-0.25, -0.2) is 0 Å². The molecule has 0 saturated heterocycles. The van der Waals surface area contributed by atoms with Gasteiger partial charge in [0.1, 0.15) is 0 Å². The van der Waals surface area contributed by atoms with Crippen molar-refractivity contribution >= 4 is 17.4 Å². The number of nitrogens with zero attached hydrogens (tertiary/aromatic N) is 5. The Balaban J connectivity index is 1.42. The molecule has 29 heavy (non-hydrogen) atoms. The Morgan fingerprint density at radius 1 is 1.10 bits per heavy atom. The van der Waals surface area contributed by atoms with Crippen molar-refractivity contribution in [3.63, 3.8) is 0 Å². The number of hydrogen-bond donors (Lipinski definition) is 0. The molecular weight excluding hydrogens is 394 g/mol. The van der Waals surface area contributed by atoms with Crippen molar-refractivity contribution in [2.75, 3.05) is 0 Å². The standard InChI is InChI=1S/C19H15N5O4S/c1-2-12-6-8-13(9-7-12)17-20-16(28-23-17)11-29-19-22-21-18(27-19)14-4-3-5-15(10-14)24(25)26/h3-10H,2,11H2,1H3. The van der Waals surface area contributed by atoms with E-state index in [2.05, 4.69) is 27.3 Å². The quantitative estimate of drug-likeness (QED) is 0.246. The molecule has 0 bridgehead atoms. The average molecular weight is 409 g/mol. The van der Waals surface area contributed by atoms with Gasteiger partial charge in [0.05, 0.1) is 10.7 Å². The van der Waals surface area contributed by atoms with E-state index in [0.29, 0.717) is 28.3 Å². The summed E-state index contributed by atoms with van der Waals surface area (Å²) in [5.41, 5.74) is 2.56. The Morgan fingerprint density at radius 2 is 1.93 bits per heavy atom. The van der Waals surface area contributed by atoms with E-state index >= 15 is 0 Å². The molecule has 0 fully saturated rings. The smallest absolute Gasteiger partial charge is 0.277 e. The molecule has 0 atom stereocenters. The zero-order valence-corrected chi connectivity index (χ0v) is 16.1. The van der Waals surface area contributed by atoms with Gasteiger partial charge < -0.3 is 8.94 Å². The lowest BCUT2D eigenvalue weighted by molar-refractivity contribution is -0.384. The number of thioether (sulfide) groups is 1. The number of nitro benzene ring substituents is 1. The van der Waals surface area contributed by atoms with Crippen molar-refractivity contribution in [2.24, 2.45) is 0 Å². The van der Waals surface area contributed by atoms with Gasteiger partial charge in [-0.3, -0.25) is 10.1 Å². The first-order valence-corrected chi connectivity index (χ1v) is 9.74. The molecule has 0 aliphatic carbocycles. The van der Waals surface area contributed by atoms with Crippen LogP contribution in [0.4, 0.5) is 5.69 Å². The fourth-order valence-electron chi connectivity index (χ4n) is 2.58. The maximum absolute atomic E-state index is 10.9. The SMILES string of the molecule is CCc1ccc(-c2noc(CSc3nnc(-c4cccc([N+](=O)[O-])c4)o3)n2)cc1. The molecule has 4 rings (SSSR count). The highest BCUT2D eigenvalue weighted by molar-refractivity contribution is 7.98. The van der Waals surface area contributed by atoms with E-state index in [1.54, 1.807) is 12.1 Å². The normalized spacial score (nSPS) is 10.9. The maximum Gasteiger partial charge on any atom is 0.277 e. The molecule has 0 spiro atoms. The molecule has 4 aromatic rings. The summed E-state index contributed by atoms with van der Waals surface area (Å²) in [6.45, 7) is 2.10. The summed E-state index contributed by atoms with van der Waals surface area (Å²) in [6, 6.07) is 14.0. The Bertz CT molecular complexity index is 1140. The van der Waals surface area contributed by atoms with Crippen LogP contribution in [-0.2, 0) is 12.2 Å². The van der Waals surface area contributed by atoms with Crippen LogP contribution in [0.1, 0.15) is 18.4 Å². The number of benzene rings is 2. The van der Waals surface area contributed by atoms with E-state index in [1.807, 2.05) is 24.3 Å². The summed E-state index contributed by atoms with van der Waals surface area (Å²) < 4.78 is 10.9. The lowest BCUT2D eigenvalue weighted by Crippen LogP contribution is -1.88. The minimum atomic E-state index is -0.474. The second kappa shape index (κ2) is 8.23. The van der Waals surface area contributed by atoms with Gasteiger partial charge in [-0.05, 0) is 18.1 Å². The second-order valence-corrected chi connectivity index (χ2v) is 6.96. The van der Waals surface area contributed by atoms with Crippen molar-refractivity contribution in [3.05, 3.63) is 70.1 Å². The molecule has 9 nitrogen and oxygen atoms in total. The minimum Gasteiger partial charge on any atom is -0.411 e. The van der Waals surface area contributed by atoms with Gasteiger partial charge in [0.25, 0.3) is 10.9 Å². The highest BCUT2D eigenvalue weighted by atomic mass is 32.2. The number of aromatic nitrogens is 4. The second-order valence-electron chi connectivity index (χ2n) is 6.03. The molecule has 0 radical (unpaired) electrons. The number of hydrogen-bond acceptors (Lipinski definition) is 9. The zero-order chi connectivity index (χ0) is 20.2. The van der Waals surface area contributed by atoms with Crippen molar-refractivity contribution < 1.29 is 13.9 Å². The minimum absolute atomic E-state index is 0.0414. The lowest BCUT2D eigenvalue weighted by Gasteiger charge is -1.97. The summed E-state index contributed by atoms with van der Waals surface area (Å²) in [6.07, 6.45) is 0.969. The number of non-ortho nitro benzene ring substituents is 1. The third kappa shape index (κ3) is 4.32. The van der Waals surface area contributed by atoms with E-state index in [0.717, 1.165) is 12.0 Å². The Morgan fingerprint density at radius 3 is 2.69 bits per heavy atom. The van der Waals surface area contributed by atoms with E-state index in [1.165, 1.54) is 29.5 Å². The average Bonchev–Trinajstić information content (AvgIpc) is 3.42. The molecule has 0 saturated carbocycles. The summed E-state index contributed by atoms with van der Waals surface area (Å²) in [5.74, 6) is 1.51. The van der Waals surface area contributed by atoms with Gasteiger partial charge >= 0.3 is 0 Å². The van der Waals surface area contributed by atoms with Crippen LogP contribution in [0.25, 0.3) is 22.8 Å². The van der Waals surface area contributed by atoms with Gasteiger partial charge in [-0.2, -0.15) is 4.98 Å². The van der Waals surface area contributed by atoms with Crippen LogP contribution >= 0.6 is 11.8 Å². The van der Waals surface area contributed by atoms with Crippen LogP contribution in [0.15, 0.2) is 62.7 Å². The largest absolute Gasteiger partial charge is 0.411 e. The molecule has 0 aliphatic rings. The monoisotopic (exact) mass is 409 g/mol. The van der Waals surface area contributed by atoms with E-state index in [-0.39, 0.29) is 11.6 Å². The number of aryl methyl sites for hydroxylation is 1. The molecule has 10 heteroatoms. The molecule has 0 aliphatic heterocycles. The van der Waals surface area contributed by atoms with Crippen molar-refractivity contribution in [1.29, 1.82) is 0 Å². The van der Waals surface area contributed by atoms with Crippen LogP contribution < -0.4 is 0 Å². The molecular formula is C19H15N5O4S. The number of rotatable bonds is 7. The predicted molar refractivity (Wildman–Crippen MR) is 105 cm³/mol. The molecule has 0 N–H and O–H groups in total. The van der Waals surface area contributed by atoms with Gasteiger partial charge in [0, 0.05) is 23.3 Å². The first kappa shape index (κ1) is 18.8. The van der Waals surface area contributed by atoms with Crippen LogP contribution in [0.3, 0.4) is 0 Å².